The Balaban J connectivity index is 2.12. The number of nitrogens with zero attached hydrogens (tertiary/aromatic N) is 2. The van der Waals surface area contributed by atoms with Crippen molar-refractivity contribution in [2.24, 2.45) is 0 Å². The van der Waals surface area contributed by atoms with E-state index in [2.05, 4.69) is 17.3 Å². The first-order valence-electron chi connectivity index (χ1n) is 6.84. The topological polar surface area (TPSA) is 29.9 Å². The first-order valence-corrected chi connectivity index (χ1v) is 6.84. The molecule has 0 spiro atoms. The maximum atomic E-state index is 12.9. The van der Waals surface area contributed by atoms with Gasteiger partial charge in [0, 0.05) is 18.4 Å². The monoisotopic (exact) mass is 297 g/mol. The molecule has 1 aromatic heterocycles. The van der Waals surface area contributed by atoms with Gasteiger partial charge in [0.25, 0.3) is 0 Å². The second-order valence-electron chi connectivity index (χ2n) is 4.93. The summed E-state index contributed by atoms with van der Waals surface area (Å²) in [4.78, 5) is 0. The minimum absolute atomic E-state index is 0.226. The van der Waals surface area contributed by atoms with E-state index in [1.54, 1.807) is 12.3 Å². The third kappa shape index (κ3) is 3.77. The molecule has 0 unspecified atom stereocenters. The SMILES string of the molecule is CCCn1nccc1CNc1ccc(C)c(C(F)(F)F)c1. The van der Waals surface area contributed by atoms with Crippen LogP contribution in [0.25, 0.3) is 0 Å². The van der Waals surface area contributed by atoms with Crippen molar-refractivity contribution in [3.05, 3.63) is 47.3 Å². The normalized spacial score (nSPS) is 11.7. The van der Waals surface area contributed by atoms with E-state index in [1.807, 2.05) is 10.7 Å². The molecule has 3 nitrogen and oxygen atoms in total. The fourth-order valence-electron chi connectivity index (χ4n) is 2.15. The number of nitrogens with one attached hydrogen (secondary N) is 1. The number of hydrogen-bond donors (Lipinski definition) is 1. The molecule has 6 heteroatoms. The quantitative estimate of drug-likeness (QED) is 0.895. The molecule has 0 radical (unpaired) electrons. The highest BCUT2D eigenvalue weighted by Gasteiger charge is 2.32. The van der Waals surface area contributed by atoms with Crippen molar-refractivity contribution in [2.75, 3.05) is 5.32 Å². The first-order chi connectivity index (χ1) is 9.91. The summed E-state index contributed by atoms with van der Waals surface area (Å²) >= 11 is 0. The number of hydrogen-bond acceptors (Lipinski definition) is 2. The van der Waals surface area contributed by atoms with Crippen molar-refractivity contribution < 1.29 is 13.2 Å². The summed E-state index contributed by atoms with van der Waals surface area (Å²) < 4.78 is 40.4. The lowest BCUT2D eigenvalue weighted by molar-refractivity contribution is -0.138. The Morgan fingerprint density at radius 3 is 2.67 bits per heavy atom. The van der Waals surface area contributed by atoms with Gasteiger partial charge in [0.15, 0.2) is 0 Å². The molecular formula is C15H18F3N3. The number of halogens is 3. The van der Waals surface area contributed by atoms with E-state index in [0.29, 0.717) is 12.2 Å². The molecule has 0 fully saturated rings. The Hall–Kier alpha value is -1.98. The van der Waals surface area contributed by atoms with Gasteiger partial charge >= 0.3 is 6.18 Å². The van der Waals surface area contributed by atoms with Crippen LogP contribution in [-0.4, -0.2) is 9.78 Å². The average Bonchev–Trinajstić information content (AvgIpc) is 2.84. The van der Waals surface area contributed by atoms with Gasteiger partial charge in [-0.15, -0.1) is 0 Å². The third-order valence-corrected chi connectivity index (χ3v) is 3.26. The van der Waals surface area contributed by atoms with Crippen LogP contribution in [0, 0.1) is 6.92 Å². The second-order valence-corrected chi connectivity index (χ2v) is 4.93. The molecule has 21 heavy (non-hydrogen) atoms. The van der Waals surface area contributed by atoms with Gasteiger partial charge in [-0.05, 0) is 37.1 Å². The Morgan fingerprint density at radius 1 is 1.24 bits per heavy atom. The van der Waals surface area contributed by atoms with E-state index in [-0.39, 0.29) is 5.56 Å². The number of rotatable bonds is 5. The molecule has 0 saturated carbocycles. The lowest BCUT2D eigenvalue weighted by atomic mass is 10.1. The zero-order chi connectivity index (χ0) is 15.5. The van der Waals surface area contributed by atoms with Gasteiger partial charge in [-0.3, -0.25) is 4.68 Å². The summed E-state index contributed by atoms with van der Waals surface area (Å²) in [6.07, 6.45) is -1.67. The van der Waals surface area contributed by atoms with Crippen LogP contribution in [0.1, 0.15) is 30.2 Å². The van der Waals surface area contributed by atoms with Crippen molar-refractivity contribution in [2.45, 2.75) is 39.5 Å². The molecule has 1 N–H and O–H groups in total. The largest absolute Gasteiger partial charge is 0.416 e. The van der Waals surface area contributed by atoms with Crippen LogP contribution in [0.2, 0.25) is 0 Å². The summed E-state index contributed by atoms with van der Waals surface area (Å²) in [5.74, 6) is 0. The number of anilines is 1. The molecule has 1 aromatic carbocycles. The zero-order valence-corrected chi connectivity index (χ0v) is 12.0. The molecule has 114 valence electrons. The highest BCUT2D eigenvalue weighted by molar-refractivity contribution is 5.49. The fourth-order valence-corrected chi connectivity index (χ4v) is 2.15. The smallest absolute Gasteiger partial charge is 0.379 e. The van der Waals surface area contributed by atoms with Crippen LogP contribution in [0.15, 0.2) is 30.5 Å². The molecule has 0 aliphatic carbocycles. The highest BCUT2D eigenvalue weighted by atomic mass is 19.4. The molecule has 0 saturated heterocycles. The first kappa shape index (κ1) is 15.4. The predicted octanol–water partition coefficient (Wildman–Crippen LogP) is 4.23. The third-order valence-electron chi connectivity index (χ3n) is 3.26. The van der Waals surface area contributed by atoms with E-state index < -0.39 is 11.7 Å². The summed E-state index contributed by atoms with van der Waals surface area (Å²) in [6, 6.07) is 6.15. The summed E-state index contributed by atoms with van der Waals surface area (Å²) in [5, 5.41) is 7.21. The van der Waals surface area contributed by atoms with Crippen LogP contribution in [0.3, 0.4) is 0 Å². The summed E-state index contributed by atoms with van der Waals surface area (Å²) in [5.41, 5.74) is 1.03. The van der Waals surface area contributed by atoms with E-state index in [0.717, 1.165) is 24.7 Å². The molecule has 0 aliphatic rings. The van der Waals surface area contributed by atoms with Crippen LogP contribution in [0.5, 0.6) is 0 Å². The standard InChI is InChI=1S/C15H18F3N3/c1-3-8-21-13(6-7-20-21)10-19-12-5-4-11(2)14(9-12)15(16,17)18/h4-7,9,19H,3,8,10H2,1-2H3. The van der Waals surface area contributed by atoms with Gasteiger partial charge in [0.05, 0.1) is 17.8 Å². The maximum absolute atomic E-state index is 12.9. The molecule has 1 heterocycles. The number of benzene rings is 1. The van der Waals surface area contributed by atoms with Gasteiger partial charge in [-0.25, -0.2) is 0 Å². The fraction of sp³-hybridized carbons (Fsp3) is 0.400. The average molecular weight is 297 g/mol. The van der Waals surface area contributed by atoms with Crippen molar-refractivity contribution >= 4 is 5.69 Å². The van der Waals surface area contributed by atoms with Gasteiger partial charge in [0.2, 0.25) is 0 Å². The molecular weight excluding hydrogens is 279 g/mol. The zero-order valence-electron chi connectivity index (χ0n) is 12.0. The van der Waals surface area contributed by atoms with Crippen LogP contribution < -0.4 is 5.32 Å². The molecule has 0 bridgehead atoms. The molecule has 2 rings (SSSR count). The van der Waals surface area contributed by atoms with Gasteiger partial charge in [-0.2, -0.15) is 18.3 Å². The van der Waals surface area contributed by atoms with E-state index >= 15 is 0 Å². The Morgan fingerprint density at radius 2 is 2.00 bits per heavy atom. The minimum atomic E-state index is -4.33. The van der Waals surface area contributed by atoms with Crippen molar-refractivity contribution in [1.82, 2.24) is 9.78 Å². The van der Waals surface area contributed by atoms with E-state index in [1.165, 1.54) is 13.0 Å². The van der Waals surface area contributed by atoms with Gasteiger partial charge in [-0.1, -0.05) is 13.0 Å². The predicted molar refractivity (Wildman–Crippen MR) is 76.0 cm³/mol. The Labute approximate surface area is 121 Å². The number of aromatic nitrogens is 2. The van der Waals surface area contributed by atoms with Crippen LogP contribution in [-0.2, 0) is 19.3 Å². The minimum Gasteiger partial charge on any atom is -0.379 e. The molecule has 2 aromatic rings. The lowest BCUT2D eigenvalue weighted by Gasteiger charge is -2.14. The van der Waals surface area contributed by atoms with Crippen molar-refractivity contribution in [3.8, 4) is 0 Å². The number of alkyl halides is 3. The van der Waals surface area contributed by atoms with Gasteiger partial charge < -0.3 is 5.32 Å². The lowest BCUT2D eigenvalue weighted by Crippen LogP contribution is -2.11. The highest BCUT2D eigenvalue weighted by Crippen LogP contribution is 2.33. The van der Waals surface area contributed by atoms with Crippen LogP contribution in [0.4, 0.5) is 18.9 Å². The van der Waals surface area contributed by atoms with E-state index in [4.69, 9.17) is 0 Å². The van der Waals surface area contributed by atoms with Gasteiger partial charge in [0.1, 0.15) is 0 Å². The summed E-state index contributed by atoms with van der Waals surface area (Å²) in [6.45, 7) is 4.75. The van der Waals surface area contributed by atoms with E-state index in [9.17, 15) is 13.2 Å². The Bertz CT molecular complexity index is 602. The molecule has 0 atom stereocenters. The number of aryl methyl sites for hydroxylation is 2. The molecule has 0 aliphatic heterocycles. The Kier molecular flexibility index (Phi) is 4.55. The van der Waals surface area contributed by atoms with Crippen molar-refractivity contribution in [3.63, 3.8) is 0 Å². The van der Waals surface area contributed by atoms with Crippen molar-refractivity contribution in [1.29, 1.82) is 0 Å². The maximum Gasteiger partial charge on any atom is 0.416 e. The van der Waals surface area contributed by atoms with Crippen LogP contribution >= 0.6 is 0 Å². The summed E-state index contributed by atoms with van der Waals surface area (Å²) in [7, 11) is 0. The molecule has 0 amide bonds. The second kappa shape index (κ2) is 6.20.